The molecule has 1 saturated heterocycles. The molecule has 28 heavy (non-hydrogen) atoms. The van der Waals surface area contributed by atoms with Gasteiger partial charge in [0.25, 0.3) is 5.91 Å². The van der Waals surface area contributed by atoms with Crippen LogP contribution in [0.5, 0.6) is 5.75 Å². The van der Waals surface area contributed by atoms with E-state index in [4.69, 9.17) is 4.74 Å². The zero-order valence-corrected chi connectivity index (χ0v) is 16.9. The molecule has 150 valence electrons. The van der Waals surface area contributed by atoms with E-state index in [0.29, 0.717) is 6.54 Å². The molecule has 1 heterocycles. The van der Waals surface area contributed by atoms with Crippen molar-refractivity contribution in [1.82, 2.24) is 0 Å². The molecule has 0 bridgehead atoms. The number of rotatable bonds is 6. The monoisotopic (exact) mass is 387 g/mol. The Balaban J connectivity index is 1.49. The molecule has 0 aliphatic carbocycles. The Morgan fingerprint density at radius 2 is 1.68 bits per heavy atom. The smallest absolute Gasteiger partial charge is 0.279 e. The summed E-state index contributed by atoms with van der Waals surface area (Å²) in [6.45, 7) is 9.03. The SMILES string of the molecule is COc1ccc(F)cc1C[NH+]1CC[NH+](CC(=O)Nc2cc(C)cc(C)c2)CC1. The summed E-state index contributed by atoms with van der Waals surface area (Å²) in [5.74, 6) is 0.550. The van der Waals surface area contributed by atoms with Gasteiger partial charge in [-0.1, -0.05) is 6.07 Å². The van der Waals surface area contributed by atoms with Gasteiger partial charge in [-0.25, -0.2) is 4.39 Å². The molecule has 1 aliphatic heterocycles. The fourth-order valence-electron chi connectivity index (χ4n) is 3.94. The van der Waals surface area contributed by atoms with Gasteiger partial charge < -0.3 is 19.9 Å². The van der Waals surface area contributed by atoms with Crippen LogP contribution < -0.4 is 19.9 Å². The van der Waals surface area contributed by atoms with Crippen molar-refractivity contribution in [1.29, 1.82) is 0 Å². The standard InChI is InChI=1S/C22H28FN3O2/c1-16-10-17(2)12-20(11-16)24-22(27)15-26-8-6-25(7-9-26)14-18-13-19(23)4-5-21(18)28-3/h4-5,10-13H,6-9,14-15H2,1-3H3,(H,24,27)/p+2. The van der Waals surface area contributed by atoms with Gasteiger partial charge in [-0.3, -0.25) is 4.79 Å². The molecule has 0 saturated carbocycles. The molecule has 0 radical (unpaired) electrons. The van der Waals surface area contributed by atoms with Crippen LogP contribution in [0.3, 0.4) is 0 Å². The third kappa shape index (κ3) is 5.53. The molecule has 3 N–H and O–H groups in total. The summed E-state index contributed by atoms with van der Waals surface area (Å²) in [6, 6.07) is 10.7. The quantitative estimate of drug-likeness (QED) is 0.671. The zero-order chi connectivity index (χ0) is 20.1. The molecule has 3 rings (SSSR count). The number of carbonyl (C=O) groups is 1. The number of hydrogen-bond donors (Lipinski definition) is 3. The van der Waals surface area contributed by atoms with Crippen LogP contribution in [0.15, 0.2) is 36.4 Å². The summed E-state index contributed by atoms with van der Waals surface area (Å²) < 4.78 is 18.9. The van der Waals surface area contributed by atoms with E-state index in [0.717, 1.165) is 60.9 Å². The Labute approximate surface area is 166 Å². The summed E-state index contributed by atoms with van der Waals surface area (Å²) in [7, 11) is 1.61. The number of amides is 1. The highest BCUT2D eigenvalue weighted by molar-refractivity contribution is 5.91. The zero-order valence-electron chi connectivity index (χ0n) is 16.9. The van der Waals surface area contributed by atoms with Crippen LogP contribution in [-0.2, 0) is 11.3 Å². The summed E-state index contributed by atoms with van der Waals surface area (Å²) in [5, 5.41) is 3.02. The maximum Gasteiger partial charge on any atom is 0.279 e. The van der Waals surface area contributed by atoms with Gasteiger partial charge in [0.05, 0.1) is 12.7 Å². The third-order valence-corrected chi connectivity index (χ3v) is 5.26. The van der Waals surface area contributed by atoms with Crippen molar-refractivity contribution in [2.24, 2.45) is 0 Å². The van der Waals surface area contributed by atoms with Crippen LogP contribution in [0.2, 0.25) is 0 Å². The summed E-state index contributed by atoms with van der Waals surface area (Å²) in [4.78, 5) is 15.1. The molecule has 1 fully saturated rings. The number of benzene rings is 2. The molecule has 6 heteroatoms. The summed E-state index contributed by atoms with van der Waals surface area (Å²) in [6.07, 6.45) is 0. The minimum Gasteiger partial charge on any atom is -0.496 e. The van der Waals surface area contributed by atoms with Crippen LogP contribution in [0, 0.1) is 19.7 Å². The van der Waals surface area contributed by atoms with Crippen LogP contribution in [0.1, 0.15) is 16.7 Å². The van der Waals surface area contributed by atoms with E-state index >= 15 is 0 Å². The van der Waals surface area contributed by atoms with E-state index in [1.807, 2.05) is 26.0 Å². The van der Waals surface area contributed by atoms with Gasteiger partial charge in [-0.2, -0.15) is 0 Å². The number of methoxy groups -OCH3 is 1. The molecule has 2 aromatic rings. The molecule has 0 spiro atoms. The molecule has 1 amide bonds. The number of halogens is 1. The first-order valence-corrected chi connectivity index (χ1v) is 9.80. The van der Waals surface area contributed by atoms with Crippen LogP contribution in [0.4, 0.5) is 10.1 Å². The maximum absolute atomic E-state index is 13.6. The number of ether oxygens (including phenoxy) is 1. The lowest BCUT2D eigenvalue weighted by Gasteiger charge is -2.29. The predicted molar refractivity (Wildman–Crippen MR) is 107 cm³/mol. The normalized spacial score (nSPS) is 19.3. The van der Waals surface area contributed by atoms with Crippen molar-refractivity contribution in [3.63, 3.8) is 0 Å². The fourth-order valence-corrected chi connectivity index (χ4v) is 3.94. The highest BCUT2D eigenvalue weighted by atomic mass is 19.1. The van der Waals surface area contributed by atoms with E-state index in [2.05, 4.69) is 11.4 Å². The molecule has 0 aromatic heterocycles. The Bertz CT molecular complexity index is 812. The fraction of sp³-hybridized carbons (Fsp3) is 0.409. The maximum atomic E-state index is 13.6. The summed E-state index contributed by atoms with van der Waals surface area (Å²) in [5.41, 5.74) is 4.05. The van der Waals surface area contributed by atoms with E-state index in [-0.39, 0.29) is 11.7 Å². The van der Waals surface area contributed by atoms with Crippen LogP contribution >= 0.6 is 0 Å². The largest absolute Gasteiger partial charge is 0.496 e. The lowest BCUT2D eigenvalue weighted by atomic mass is 10.1. The Kier molecular flexibility index (Phi) is 6.65. The molecule has 2 aromatic carbocycles. The number of nitrogens with one attached hydrogen (secondary N) is 3. The molecular weight excluding hydrogens is 357 g/mol. The van der Waals surface area contributed by atoms with Crippen molar-refractivity contribution >= 4 is 11.6 Å². The number of quaternary nitrogens is 2. The van der Waals surface area contributed by atoms with Gasteiger partial charge in [-0.05, 0) is 55.3 Å². The van der Waals surface area contributed by atoms with Gasteiger partial charge in [0.15, 0.2) is 6.54 Å². The minimum absolute atomic E-state index is 0.0512. The van der Waals surface area contributed by atoms with E-state index in [1.165, 1.54) is 15.9 Å². The second-order valence-electron chi connectivity index (χ2n) is 7.73. The van der Waals surface area contributed by atoms with Gasteiger partial charge in [0, 0.05) is 5.69 Å². The van der Waals surface area contributed by atoms with Crippen molar-refractivity contribution < 1.29 is 23.7 Å². The van der Waals surface area contributed by atoms with Gasteiger partial charge in [0.2, 0.25) is 0 Å². The number of piperazine rings is 1. The van der Waals surface area contributed by atoms with Gasteiger partial charge in [0.1, 0.15) is 44.3 Å². The highest BCUT2D eigenvalue weighted by Gasteiger charge is 2.25. The highest BCUT2D eigenvalue weighted by Crippen LogP contribution is 2.18. The first-order chi connectivity index (χ1) is 13.4. The number of anilines is 1. The molecule has 0 unspecified atom stereocenters. The molecule has 1 aliphatic rings. The number of carbonyl (C=O) groups excluding carboxylic acids is 1. The lowest BCUT2D eigenvalue weighted by molar-refractivity contribution is -1.02. The average Bonchev–Trinajstić information content (AvgIpc) is 2.62. The second-order valence-corrected chi connectivity index (χ2v) is 7.73. The first kappa shape index (κ1) is 20.3. The lowest BCUT2D eigenvalue weighted by Crippen LogP contribution is -3.28. The summed E-state index contributed by atoms with van der Waals surface area (Å²) >= 11 is 0. The average molecular weight is 387 g/mol. The topological polar surface area (TPSA) is 47.2 Å². The predicted octanol–water partition coefficient (Wildman–Crippen LogP) is 0.373. The molecule has 0 atom stereocenters. The van der Waals surface area contributed by atoms with Crippen molar-refractivity contribution in [3.8, 4) is 5.75 Å². The van der Waals surface area contributed by atoms with Crippen LogP contribution in [0.25, 0.3) is 0 Å². The van der Waals surface area contributed by atoms with Gasteiger partial charge in [-0.15, -0.1) is 0 Å². The third-order valence-electron chi connectivity index (χ3n) is 5.26. The minimum atomic E-state index is -0.234. The van der Waals surface area contributed by atoms with E-state index in [1.54, 1.807) is 19.2 Å². The van der Waals surface area contributed by atoms with Crippen LogP contribution in [-0.4, -0.2) is 45.7 Å². The number of aryl methyl sites for hydroxylation is 2. The Morgan fingerprint density at radius 3 is 2.32 bits per heavy atom. The second kappa shape index (κ2) is 9.17. The van der Waals surface area contributed by atoms with E-state index in [9.17, 15) is 9.18 Å². The molecule has 5 nitrogen and oxygen atoms in total. The van der Waals surface area contributed by atoms with Gasteiger partial charge >= 0.3 is 0 Å². The Morgan fingerprint density at radius 1 is 1.04 bits per heavy atom. The molecular formula is C22H30FN3O2+2. The van der Waals surface area contributed by atoms with Crippen molar-refractivity contribution in [3.05, 3.63) is 58.9 Å². The Hall–Kier alpha value is -2.44. The first-order valence-electron chi connectivity index (χ1n) is 9.80. The number of hydrogen-bond acceptors (Lipinski definition) is 2. The van der Waals surface area contributed by atoms with Crippen molar-refractivity contribution in [2.75, 3.05) is 45.2 Å². The van der Waals surface area contributed by atoms with Crippen molar-refractivity contribution in [2.45, 2.75) is 20.4 Å². The van der Waals surface area contributed by atoms with E-state index < -0.39 is 0 Å².